The largest absolute Gasteiger partial charge is 0.384 e. The molecule has 1 amide bonds. The monoisotopic (exact) mass is 709 g/mol. The van der Waals surface area contributed by atoms with Crippen LogP contribution in [0.5, 0.6) is 0 Å². The van der Waals surface area contributed by atoms with Crippen LogP contribution in [-0.2, 0) is 4.74 Å². The number of nitrogens with one attached hydrogen (secondary N) is 2. The molecule has 0 bridgehead atoms. The molecule has 0 unspecified atom stereocenters. The van der Waals surface area contributed by atoms with Crippen LogP contribution in [0, 0.1) is 19.3 Å². The van der Waals surface area contributed by atoms with Crippen molar-refractivity contribution in [3.63, 3.8) is 0 Å². The van der Waals surface area contributed by atoms with Gasteiger partial charge in [-0.1, -0.05) is 30.7 Å². The topological polar surface area (TPSA) is 96.3 Å². The van der Waals surface area contributed by atoms with Crippen molar-refractivity contribution >= 4 is 22.6 Å². The predicted octanol–water partition coefficient (Wildman–Crippen LogP) is 3.77. The molecular weight excluding hydrogens is 676 g/mol. The summed E-state index contributed by atoms with van der Waals surface area (Å²) in [5, 5.41) is 4.02. The summed E-state index contributed by atoms with van der Waals surface area (Å²) >= 11 is 0. The maximum atomic E-state index is 11.9. The van der Waals surface area contributed by atoms with Crippen molar-refractivity contribution in [2.24, 2.45) is 5.92 Å². The molecule has 34 heavy (non-hydrogen) atoms. The number of hydrogen-bond donors (Lipinski definition) is 3. The van der Waals surface area contributed by atoms with Gasteiger partial charge in [0, 0.05) is 41.8 Å². The molecule has 1 saturated carbocycles. The van der Waals surface area contributed by atoms with Gasteiger partial charge in [-0.05, 0) is 25.1 Å². The Hall–Kier alpha value is -3.90. The van der Waals surface area contributed by atoms with E-state index in [4.69, 9.17) is 10.5 Å². The van der Waals surface area contributed by atoms with Crippen LogP contribution in [0.3, 0.4) is 0 Å². The first kappa shape index (κ1) is 24.7. The van der Waals surface area contributed by atoms with E-state index in [2.05, 4.69) is 40.5 Å². The van der Waals surface area contributed by atoms with Crippen molar-refractivity contribution in [1.82, 2.24) is 20.2 Å². The number of para-hydroxylation sites is 1. The number of nitrogens with zero attached hydrogens (tertiary/aromatic N) is 2. The second-order valence-corrected chi connectivity index (χ2v) is 8.73. The van der Waals surface area contributed by atoms with Gasteiger partial charge in [-0.25, -0.2) is 11.4 Å². The van der Waals surface area contributed by atoms with Gasteiger partial charge >= 0.3 is 0 Å². The molecule has 1 saturated heterocycles. The summed E-state index contributed by atoms with van der Waals surface area (Å²) in [6.45, 7) is 9.27. The average Bonchev–Trinajstić information content (AvgIpc) is 3.55. The number of benzene rings is 1. The van der Waals surface area contributed by atoms with Crippen molar-refractivity contribution in [1.29, 1.82) is 0 Å². The first-order chi connectivity index (χ1) is 16.0. The minimum Gasteiger partial charge on any atom is -0.384 e. The molecule has 1 radical (unpaired) electrons. The van der Waals surface area contributed by atoms with Crippen LogP contribution in [0.15, 0.2) is 48.7 Å². The molecule has 3 aromatic rings. The molecule has 1 aliphatic carbocycles. The van der Waals surface area contributed by atoms with Gasteiger partial charge in [-0.2, -0.15) is 5.92 Å². The van der Waals surface area contributed by atoms with E-state index in [0.29, 0.717) is 17.6 Å². The molecule has 8 heteroatoms. The number of rotatable bonds is 6. The third-order valence-electron chi connectivity index (χ3n) is 6.17. The van der Waals surface area contributed by atoms with E-state index in [1.165, 1.54) is 6.42 Å². The molecule has 191 valence electrons. The first-order valence-corrected chi connectivity index (χ1v) is 11.6. The summed E-state index contributed by atoms with van der Waals surface area (Å²) < 4.78 is 5.80. The minimum atomic E-state index is -0.0122. The maximum absolute atomic E-state index is 11.9. The fourth-order valence-electron chi connectivity index (χ4n) is 3.92. The molecular formula is C26H33LrN5O2-2. The Morgan fingerprint density at radius 1 is 1.35 bits per heavy atom. The Kier molecular flexibility index (Phi) is 8.22. The fraction of sp³-hybridized carbons (Fsp3) is 0.385. The summed E-state index contributed by atoms with van der Waals surface area (Å²) in [5.41, 5.74) is 8.29. The van der Waals surface area contributed by atoms with Crippen molar-refractivity contribution in [3.8, 4) is 0 Å². The first-order valence-electron chi connectivity index (χ1n) is 11.6. The van der Waals surface area contributed by atoms with E-state index in [1.54, 1.807) is 6.20 Å². The van der Waals surface area contributed by atoms with Crippen molar-refractivity contribution in [3.05, 3.63) is 73.3 Å². The molecule has 0 spiro atoms. The number of hydrogen-bond acceptors (Lipinski definition) is 5. The molecule has 1 aromatic carbocycles. The molecule has 4 N–H and O–H groups in total. The Morgan fingerprint density at radius 3 is 2.82 bits per heavy atom. The molecule has 3 heterocycles. The number of H-pyrrole nitrogens is 1. The number of carbonyl (C=O) groups excluding carboxylic acids is 1. The van der Waals surface area contributed by atoms with Crippen LogP contribution < -0.4 is 11.1 Å². The van der Waals surface area contributed by atoms with E-state index in [0.717, 1.165) is 55.0 Å². The van der Waals surface area contributed by atoms with Gasteiger partial charge in [0.15, 0.2) is 0 Å². The van der Waals surface area contributed by atoms with E-state index in [-0.39, 0.29) is 12.0 Å². The fourth-order valence-corrected chi connectivity index (χ4v) is 3.92. The van der Waals surface area contributed by atoms with E-state index in [9.17, 15) is 4.79 Å². The van der Waals surface area contributed by atoms with Gasteiger partial charge in [0.2, 0.25) is 0 Å². The number of aromatic nitrogens is 2. The number of pyridine rings is 1. The van der Waals surface area contributed by atoms with Crippen LogP contribution in [0.1, 0.15) is 41.9 Å². The van der Waals surface area contributed by atoms with Gasteiger partial charge < -0.3 is 39.0 Å². The summed E-state index contributed by atoms with van der Waals surface area (Å²) in [7, 11) is 0. The van der Waals surface area contributed by atoms with E-state index >= 15 is 0 Å². The third-order valence-corrected chi connectivity index (χ3v) is 6.17. The minimum absolute atomic E-state index is 0. The van der Waals surface area contributed by atoms with Crippen molar-refractivity contribution in [2.45, 2.75) is 31.9 Å². The summed E-state index contributed by atoms with van der Waals surface area (Å²) in [6, 6.07) is 14.0. The molecule has 1 aliphatic heterocycles. The number of ether oxygens (including phenoxy) is 1. The maximum Gasteiger partial charge on any atom is 0.267 e. The predicted molar refractivity (Wildman–Crippen MR) is 131 cm³/mol. The smallest absolute Gasteiger partial charge is 0.267 e. The van der Waals surface area contributed by atoms with Gasteiger partial charge in [-0.15, -0.1) is 6.54 Å². The Balaban J connectivity index is 0.000000186. The number of fused-ring (bicyclic) bond motifs is 1. The third kappa shape index (κ3) is 6.33. The number of carbonyl (C=O) groups is 1. The van der Waals surface area contributed by atoms with Crippen LogP contribution in [-0.4, -0.2) is 53.1 Å². The van der Waals surface area contributed by atoms with Gasteiger partial charge in [0.1, 0.15) is 11.5 Å². The Morgan fingerprint density at radius 2 is 2.15 bits per heavy atom. The van der Waals surface area contributed by atoms with Crippen LogP contribution in [0.2, 0.25) is 0 Å². The summed E-state index contributed by atoms with van der Waals surface area (Å²) in [6.07, 6.45) is 6.42. The van der Waals surface area contributed by atoms with Gasteiger partial charge in [-0.3, -0.25) is 4.79 Å². The molecule has 2 aliphatic rings. The number of nitrogens with two attached hydrogens (primary N) is 1. The average molecular weight is 710 g/mol. The van der Waals surface area contributed by atoms with Crippen molar-refractivity contribution < 1.29 is 9.53 Å². The number of aromatic amines is 1. The van der Waals surface area contributed by atoms with Crippen LogP contribution >= 0.6 is 0 Å². The molecule has 7 nitrogen and oxygen atoms in total. The second kappa shape index (κ2) is 11.3. The Labute approximate surface area is 195 Å². The molecule has 3 atom stereocenters. The van der Waals surface area contributed by atoms with E-state index < -0.39 is 0 Å². The normalized spacial score (nSPS) is 21.8. The standard InChI is InChI=1S/C14H15N2O.C12H18N3O.Lr/c17-14(15-8-7-10-5-6-10)13-9-11-3-1-2-4-12(11)16-13;1-3-15-7-11(16-8-9(15)2)10-4-5-12(13)14-6-10;/h1-5,9-10,16H,6-8H2,(H,15,17);4-6,9,11H,1,3,7-8H2,2H3,(H2,13,14);/q2*-1;/t10-;9-,11+;/m00./s1. The number of anilines is 1. The zero-order valence-electron chi connectivity index (χ0n) is 19.4. The molecule has 2 fully saturated rings. The van der Waals surface area contributed by atoms with Gasteiger partial charge in [0.25, 0.3) is 5.91 Å². The zero-order valence-corrected chi connectivity index (χ0v) is 21.6. The van der Waals surface area contributed by atoms with Crippen molar-refractivity contribution in [2.75, 3.05) is 32.0 Å². The zero-order chi connectivity index (χ0) is 23.2. The summed E-state index contributed by atoms with van der Waals surface area (Å²) in [5.74, 6) is 1.27. The number of nitrogen functional groups attached to an aromatic ring is 1. The number of amides is 1. The number of morpholine rings is 1. The van der Waals surface area contributed by atoms with Crippen LogP contribution in [0.25, 0.3) is 10.9 Å². The molecule has 5 rings (SSSR count). The second-order valence-electron chi connectivity index (χ2n) is 8.73. The summed E-state index contributed by atoms with van der Waals surface area (Å²) in [4.78, 5) is 21.4. The molecule has 2 aromatic heterocycles. The Bertz CT molecular complexity index is 1020. The van der Waals surface area contributed by atoms with E-state index in [1.807, 2.05) is 42.5 Å². The van der Waals surface area contributed by atoms with Gasteiger partial charge in [0.05, 0.1) is 12.7 Å². The SMILES string of the molecule is O=C(NCC[C@H]1[CH-]C1)c1cc2ccccc2[nH]1.[CH2-]CN1C[C@H](c2ccc(N)nc2)OC[C@@H]1C.[Lr]. The van der Waals surface area contributed by atoms with Crippen LogP contribution in [0.4, 0.5) is 5.82 Å². The quantitative estimate of drug-likeness (QED) is 0.339.